The van der Waals surface area contributed by atoms with Crippen molar-refractivity contribution < 1.29 is 0 Å². The maximum absolute atomic E-state index is 9.28. The fraction of sp³-hybridized carbons (Fsp3) is 0.769. The molecule has 0 aromatic carbocycles. The maximum Gasteiger partial charge on any atom is 0.107 e. The quantitative estimate of drug-likeness (QED) is 0.554. The first-order valence-corrected chi connectivity index (χ1v) is 5.63. The average molecular weight is 204 g/mol. The van der Waals surface area contributed by atoms with Gasteiger partial charge in [0.25, 0.3) is 0 Å². The van der Waals surface area contributed by atoms with E-state index in [0.29, 0.717) is 12.0 Å². The minimum atomic E-state index is -0.375. The topological polar surface area (TPSA) is 35.8 Å². The molecule has 1 unspecified atom stereocenters. The van der Waals surface area contributed by atoms with Gasteiger partial charge in [0.15, 0.2) is 0 Å². The molecule has 0 bridgehead atoms. The first kappa shape index (κ1) is 12.1. The van der Waals surface area contributed by atoms with E-state index in [9.17, 15) is 5.26 Å². The van der Waals surface area contributed by atoms with E-state index < -0.39 is 0 Å². The fourth-order valence-electron chi connectivity index (χ4n) is 2.22. The van der Waals surface area contributed by atoms with Crippen LogP contribution in [-0.2, 0) is 0 Å². The average Bonchev–Trinajstić information content (AvgIpc) is 2.35. The molecule has 1 fully saturated rings. The second-order valence-electron chi connectivity index (χ2n) is 5.27. The van der Waals surface area contributed by atoms with Crippen molar-refractivity contribution in [3.63, 3.8) is 0 Å². The molecule has 2 heteroatoms. The van der Waals surface area contributed by atoms with Crippen LogP contribution in [0.4, 0.5) is 0 Å². The lowest BCUT2D eigenvalue weighted by molar-refractivity contribution is 0.301. The van der Waals surface area contributed by atoms with Crippen molar-refractivity contribution in [2.45, 2.75) is 51.5 Å². The van der Waals surface area contributed by atoms with Gasteiger partial charge in [-0.3, -0.25) is 5.32 Å². The number of hydrogen-bond donors (Lipinski definition) is 1. The Morgan fingerprint density at radius 2 is 2.00 bits per heavy atom. The standard InChI is InChI=1S/C13H20N2/c1-4-10-15-13(11-14)7-5-6-12(2,3)8-9-13/h1,15H,5-10H2,2-3H3. The number of terminal acetylenes is 1. The highest BCUT2D eigenvalue weighted by Gasteiger charge is 2.35. The van der Waals surface area contributed by atoms with Gasteiger partial charge in [0.05, 0.1) is 12.6 Å². The van der Waals surface area contributed by atoms with Crippen LogP contribution in [0.15, 0.2) is 0 Å². The molecule has 2 nitrogen and oxygen atoms in total. The van der Waals surface area contributed by atoms with Crippen LogP contribution in [0.2, 0.25) is 0 Å². The summed E-state index contributed by atoms with van der Waals surface area (Å²) in [5.41, 5.74) is -0.00341. The lowest BCUT2D eigenvalue weighted by Crippen LogP contribution is -2.43. The second kappa shape index (κ2) is 4.69. The van der Waals surface area contributed by atoms with Gasteiger partial charge in [-0.15, -0.1) is 6.42 Å². The van der Waals surface area contributed by atoms with Crippen LogP contribution < -0.4 is 5.32 Å². The molecule has 1 N–H and O–H groups in total. The van der Waals surface area contributed by atoms with Crippen LogP contribution in [0.5, 0.6) is 0 Å². The van der Waals surface area contributed by atoms with Crippen LogP contribution in [-0.4, -0.2) is 12.1 Å². The summed E-state index contributed by atoms with van der Waals surface area (Å²) in [5.74, 6) is 2.55. The SMILES string of the molecule is C#CCNC1(C#N)CCCC(C)(C)CC1. The fourth-order valence-corrected chi connectivity index (χ4v) is 2.22. The zero-order chi connectivity index (χ0) is 11.4. The summed E-state index contributed by atoms with van der Waals surface area (Å²) in [6.07, 6.45) is 10.5. The second-order valence-corrected chi connectivity index (χ2v) is 5.27. The van der Waals surface area contributed by atoms with Gasteiger partial charge in [0, 0.05) is 0 Å². The van der Waals surface area contributed by atoms with Crippen molar-refractivity contribution in [2.75, 3.05) is 6.54 Å². The first-order valence-electron chi connectivity index (χ1n) is 5.63. The van der Waals surface area contributed by atoms with Crippen molar-refractivity contribution in [3.8, 4) is 18.4 Å². The molecular weight excluding hydrogens is 184 g/mol. The molecule has 15 heavy (non-hydrogen) atoms. The predicted molar refractivity (Wildman–Crippen MR) is 62.0 cm³/mol. The van der Waals surface area contributed by atoms with E-state index in [-0.39, 0.29) is 5.54 Å². The van der Waals surface area contributed by atoms with Crippen LogP contribution in [0.1, 0.15) is 46.0 Å². The van der Waals surface area contributed by atoms with E-state index in [0.717, 1.165) is 25.7 Å². The first-order chi connectivity index (χ1) is 7.04. The van der Waals surface area contributed by atoms with Gasteiger partial charge in [-0.2, -0.15) is 5.26 Å². The van der Waals surface area contributed by atoms with E-state index in [1.807, 2.05) is 0 Å². The number of nitrogens with one attached hydrogen (secondary N) is 1. The minimum Gasteiger partial charge on any atom is -0.288 e. The van der Waals surface area contributed by atoms with Crippen LogP contribution in [0.25, 0.3) is 0 Å². The molecule has 1 rings (SSSR count). The normalized spacial score (nSPS) is 29.9. The molecule has 1 atom stereocenters. The largest absolute Gasteiger partial charge is 0.288 e. The van der Waals surface area contributed by atoms with Crippen molar-refractivity contribution in [3.05, 3.63) is 0 Å². The number of hydrogen-bond acceptors (Lipinski definition) is 2. The van der Waals surface area contributed by atoms with Gasteiger partial charge in [-0.25, -0.2) is 0 Å². The predicted octanol–water partition coefficient (Wildman–Crippen LogP) is 2.46. The number of nitrogens with zero attached hydrogens (tertiary/aromatic N) is 1. The summed E-state index contributed by atoms with van der Waals surface area (Å²) >= 11 is 0. The summed E-state index contributed by atoms with van der Waals surface area (Å²) in [5, 5.41) is 12.5. The molecule has 0 heterocycles. The third kappa shape index (κ3) is 3.26. The lowest BCUT2D eigenvalue weighted by Gasteiger charge is -2.26. The zero-order valence-corrected chi connectivity index (χ0v) is 9.77. The van der Waals surface area contributed by atoms with Crippen LogP contribution in [0.3, 0.4) is 0 Å². The molecule has 1 saturated carbocycles. The molecule has 0 saturated heterocycles. The Hall–Kier alpha value is -0.990. The van der Waals surface area contributed by atoms with E-state index in [2.05, 4.69) is 31.2 Å². The van der Waals surface area contributed by atoms with Gasteiger partial charge < -0.3 is 0 Å². The van der Waals surface area contributed by atoms with Crippen molar-refractivity contribution >= 4 is 0 Å². The highest BCUT2D eigenvalue weighted by atomic mass is 15.0. The zero-order valence-electron chi connectivity index (χ0n) is 9.77. The molecule has 0 amide bonds. The highest BCUT2D eigenvalue weighted by molar-refractivity contribution is 5.10. The van der Waals surface area contributed by atoms with Gasteiger partial charge in [-0.05, 0) is 31.1 Å². The molecule has 1 aliphatic rings. The van der Waals surface area contributed by atoms with Crippen molar-refractivity contribution in [1.82, 2.24) is 5.32 Å². The summed E-state index contributed by atoms with van der Waals surface area (Å²) in [6.45, 7) is 5.05. The Bertz CT molecular complexity index is 293. The molecule has 0 radical (unpaired) electrons. The van der Waals surface area contributed by atoms with Crippen molar-refractivity contribution in [2.24, 2.45) is 5.41 Å². The maximum atomic E-state index is 9.28. The third-order valence-electron chi connectivity index (χ3n) is 3.43. The van der Waals surface area contributed by atoms with Gasteiger partial charge >= 0.3 is 0 Å². The van der Waals surface area contributed by atoms with Gasteiger partial charge in [0.1, 0.15) is 5.54 Å². The summed E-state index contributed by atoms with van der Waals surface area (Å²) in [6, 6.07) is 2.42. The van der Waals surface area contributed by atoms with Gasteiger partial charge in [0.2, 0.25) is 0 Å². The van der Waals surface area contributed by atoms with E-state index >= 15 is 0 Å². The molecule has 1 aliphatic carbocycles. The van der Waals surface area contributed by atoms with E-state index in [1.54, 1.807) is 0 Å². The molecule has 0 aliphatic heterocycles. The summed E-state index contributed by atoms with van der Waals surface area (Å²) < 4.78 is 0. The Morgan fingerprint density at radius 3 is 2.60 bits per heavy atom. The number of rotatable bonds is 2. The Kier molecular flexibility index (Phi) is 3.77. The Labute approximate surface area is 93.1 Å². The summed E-state index contributed by atoms with van der Waals surface area (Å²) in [4.78, 5) is 0. The van der Waals surface area contributed by atoms with E-state index in [4.69, 9.17) is 6.42 Å². The van der Waals surface area contributed by atoms with Crippen LogP contribution in [0, 0.1) is 29.1 Å². The monoisotopic (exact) mass is 204 g/mol. The minimum absolute atomic E-state index is 0.371. The summed E-state index contributed by atoms with van der Waals surface area (Å²) in [7, 11) is 0. The molecular formula is C13H20N2. The highest BCUT2D eigenvalue weighted by Crippen LogP contribution is 2.37. The molecule has 0 aromatic rings. The lowest BCUT2D eigenvalue weighted by atomic mass is 9.84. The Morgan fingerprint density at radius 1 is 1.27 bits per heavy atom. The Balaban J connectivity index is 2.68. The van der Waals surface area contributed by atoms with Crippen LogP contribution >= 0.6 is 0 Å². The smallest absolute Gasteiger partial charge is 0.107 e. The van der Waals surface area contributed by atoms with Crippen molar-refractivity contribution in [1.29, 1.82) is 5.26 Å². The molecule has 0 aromatic heterocycles. The third-order valence-corrected chi connectivity index (χ3v) is 3.43. The van der Waals surface area contributed by atoms with Gasteiger partial charge in [-0.1, -0.05) is 26.2 Å². The molecule has 82 valence electrons. The molecule has 0 spiro atoms. The number of nitriles is 1. The van der Waals surface area contributed by atoms with E-state index in [1.165, 1.54) is 6.42 Å².